The highest BCUT2D eigenvalue weighted by Crippen LogP contribution is 2.26. The lowest BCUT2D eigenvalue weighted by atomic mass is 10.3. The van der Waals surface area contributed by atoms with Gasteiger partial charge in [-0.25, -0.2) is 12.8 Å². The standard InChI is InChI=1S/C12H16ClFN2O2S/c1-2-15-5-7-16(8-6-15)19(17,18)12-4-3-10(14)9-11(12)13/h3-4,9H,2,5-8H2,1H3. The van der Waals surface area contributed by atoms with Crippen molar-refractivity contribution >= 4 is 21.6 Å². The van der Waals surface area contributed by atoms with Gasteiger partial charge in [0.05, 0.1) is 5.02 Å². The van der Waals surface area contributed by atoms with E-state index in [1.165, 1.54) is 10.4 Å². The van der Waals surface area contributed by atoms with Crippen molar-refractivity contribution in [1.29, 1.82) is 0 Å². The minimum atomic E-state index is -3.63. The van der Waals surface area contributed by atoms with Crippen molar-refractivity contribution in [3.8, 4) is 0 Å². The van der Waals surface area contributed by atoms with Crippen molar-refractivity contribution in [2.24, 2.45) is 0 Å². The summed E-state index contributed by atoms with van der Waals surface area (Å²) >= 11 is 5.83. The molecule has 0 aromatic heterocycles. The zero-order valence-corrected chi connectivity index (χ0v) is 12.2. The molecule has 0 unspecified atom stereocenters. The lowest BCUT2D eigenvalue weighted by Crippen LogP contribution is -2.48. The number of benzene rings is 1. The van der Waals surface area contributed by atoms with Crippen molar-refractivity contribution in [3.05, 3.63) is 29.0 Å². The van der Waals surface area contributed by atoms with E-state index in [2.05, 4.69) is 4.90 Å². The van der Waals surface area contributed by atoms with Gasteiger partial charge in [-0.3, -0.25) is 0 Å². The first-order valence-corrected chi connectivity index (χ1v) is 7.94. The third-order valence-electron chi connectivity index (χ3n) is 3.29. The molecule has 1 aliphatic heterocycles. The van der Waals surface area contributed by atoms with E-state index in [1.807, 2.05) is 6.92 Å². The fourth-order valence-corrected chi connectivity index (χ4v) is 4.04. The van der Waals surface area contributed by atoms with Crippen LogP contribution in [0.2, 0.25) is 5.02 Å². The molecule has 0 N–H and O–H groups in total. The molecule has 0 aliphatic carbocycles. The number of piperazine rings is 1. The van der Waals surface area contributed by atoms with E-state index in [4.69, 9.17) is 11.6 Å². The summed E-state index contributed by atoms with van der Waals surface area (Å²) in [6.07, 6.45) is 0. The van der Waals surface area contributed by atoms with Crippen molar-refractivity contribution in [3.63, 3.8) is 0 Å². The second kappa shape index (κ2) is 5.75. The zero-order valence-electron chi connectivity index (χ0n) is 10.6. The second-order valence-electron chi connectivity index (χ2n) is 4.41. The van der Waals surface area contributed by atoms with E-state index in [9.17, 15) is 12.8 Å². The first kappa shape index (κ1) is 14.7. The normalized spacial score (nSPS) is 18.7. The average Bonchev–Trinajstić information content (AvgIpc) is 2.38. The molecule has 1 aliphatic rings. The van der Waals surface area contributed by atoms with Crippen LogP contribution in [0.4, 0.5) is 4.39 Å². The molecule has 1 fully saturated rings. The minimum Gasteiger partial charge on any atom is -0.301 e. The summed E-state index contributed by atoms with van der Waals surface area (Å²) in [4.78, 5) is 2.15. The van der Waals surface area contributed by atoms with E-state index >= 15 is 0 Å². The second-order valence-corrected chi connectivity index (χ2v) is 6.73. The summed E-state index contributed by atoms with van der Waals surface area (Å²) < 4.78 is 39.2. The molecule has 0 atom stereocenters. The summed E-state index contributed by atoms with van der Waals surface area (Å²) in [5, 5.41) is -0.0714. The van der Waals surface area contributed by atoms with E-state index in [0.717, 1.165) is 18.7 Å². The Morgan fingerprint density at radius 2 is 1.89 bits per heavy atom. The molecular formula is C12H16ClFN2O2S. The van der Waals surface area contributed by atoms with E-state index in [-0.39, 0.29) is 9.92 Å². The van der Waals surface area contributed by atoms with Crippen LogP contribution < -0.4 is 0 Å². The summed E-state index contributed by atoms with van der Waals surface area (Å²) in [7, 11) is -3.63. The molecule has 4 nitrogen and oxygen atoms in total. The molecule has 106 valence electrons. The Kier molecular flexibility index (Phi) is 4.45. The number of halogens is 2. The van der Waals surface area contributed by atoms with Crippen LogP contribution in [0.15, 0.2) is 23.1 Å². The Labute approximate surface area is 117 Å². The highest BCUT2D eigenvalue weighted by Gasteiger charge is 2.29. The van der Waals surface area contributed by atoms with Crippen molar-refractivity contribution in [1.82, 2.24) is 9.21 Å². The van der Waals surface area contributed by atoms with Gasteiger partial charge in [0.25, 0.3) is 0 Å². The molecule has 1 heterocycles. The predicted octanol–water partition coefficient (Wildman–Crippen LogP) is 1.81. The summed E-state index contributed by atoms with van der Waals surface area (Å²) in [5.74, 6) is -0.542. The van der Waals surface area contributed by atoms with Crippen LogP contribution in [0, 0.1) is 5.82 Å². The smallest absolute Gasteiger partial charge is 0.244 e. The summed E-state index contributed by atoms with van der Waals surface area (Å²) in [5.41, 5.74) is 0. The number of likely N-dealkylation sites (N-methyl/N-ethyl adjacent to an activating group) is 1. The molecule has 0 spiro atoms. The number of hydrogen-bond acceptors (Lipinski definition) is 3. The van der Waals surface area contributed by atoms with Gasteiger partial charge in [-0.1, -0.05) is 18.5 Å². The predicted molar refractivity (Wildman–Crippen MR) is 72.3 cm³/mol. The van der Waals surface area contributed by atoms with Gasteiger partial charge in [-0.15, -0.1) is 0 Å². The van der Waals surface area contributed by atoms with Crippen LogP contribution in [0.3, 0.4) is 0 Å². The molecule has 0 saturated carbocycles. The van der Waals surface area contributed by atoms with Crippen molar-refractivity contribution in [2.45, 2.75) is 11.8 Å². The lowest BCUT2D eigenvalue weighted by molar-refractivity contribution is 0.196. The topological polar surface area (TPSA) is 40.6 Å². The van der Waals surface area contributed by atoms with Crippen LogP contribution >= 0.6 is 11.6 Å². The Morgan fingerprint density at radius 3 is 2.42 bits per heavy atom. The maximum absolute atomic E-state index is 13.0. The van der Waals surface area contributed by atoms with Crippen molar-refractivity contribution < 1.29 is 12.8 Å². The van der Waals surface area contributed by atoms with Crippen LogP contribution in [0.5, 0.6) is 0 Å². The minimum absolute atomic E-state index is 0.0273. The van der Waals surface area contributed by atoms with Crippen molar-refractivity contribution in [2.75, 3.05) is 32.7 Å². The Morgan fingerprint density at radius 1 is 1.26 bits per heavy atom. The summed E-state index contributed by atoms with van der Waals surface area (Å²) in [6.45, 7) is 5.23. The molecule has 1 saturated heterocycles. The highest BCUT2D eigenvalue weighted by molar-refractivity contribution is 7.89. The first-order valence-electron chi connectivity index (χ1n) is 6.12. The van der Waals surface area contributed by atoms with Gasteiger partial charge in [0.2, 0.25) is 10.0 Å². The molecule has 0 bridgehead atoms. The van der Waals surface area contributed by atoms with Gasteiger partial charge < -0.3 is 4.90 Å². The fourth-order valence-electron chi connectivity index (χ4n) is 2.11. The lowest BCUT2D eigenvalue weighted by Gasteiger charge is -2.33. The largest absolute Gasteiger partial charge is 0.301 e. The fraction of sp³-hybridized carbons (Fsp3) is 0.500. The molecule has 1 aromatic carbocycles. The zero-order chi connectivity index (χ0) is 14.0. The molecule has 1 aromatic rings. The maximum atomic E-state index is 13.0. The van der Waals surface area contributed by atoms with Gasteiger partial charge in [-0.05, 0) is 24.7 Å². The van der Waals surface area contributed by atoms with Gasteiger partial charge in [-0.2, -0.15) is 4.31 Å². The van der Waals surface area contributed by atoms with Gasteiger partial charge in [0, 0.05) is 26.2 Å². The third kappa shape index (κ3) is 3.08. The maximum Gasteiger partial charge on any atom is 0.244 e. The monoisotopic (exact) mass is 306 g/mol. The Bertz CT molecular complexity index is 557. The van der Waals surface area contributed by atoms with Crippen LogP contribution in [0.25, 0.3) is 0 Å². The van der Waals surface area contributed by atoms with Gasteiger partial charge >= 0.3 is 0 Å². The van der Waals surface area contributed by atoms with Crippen LogP contribution in [-0.2, 0) is 10.0 Å². The SMILES string of the molecule is CCN1CCN(S(=O)(=O)c2ccc(F)cc2Cl)CC1. The van der Waals surface area contributed by atoms with Crippen LogP contribution in [0.1, 0.15) is 6.92 Å². The molecule has 19 heavy (non-hydrogen) atoms. The average molecular weight is 307 g/mol. The van der Waals surface area contributed by atoms with E-state index < -0.39 is 15.8 Å². The number of hydrogen-bond donors (Lipinski definition) is 0. The first-order chi connectivity index (χ1) is 8.95. The summed E-state index contributed by atoms with van der Waals surface area (Å²) in [6, 6.07) is 3.36. The molecule has 2 rings (SSSR count). The number of sulfonamides is 1. The van der Waals surface area contributed by atoms with Gasteiger partial charge in [0.15, 0.2) is 0 Å². The highest BCUT2D eigenvalue weighted by atomic mass is 35.5. The third-order valence-corrected chi connectivity index (χ3v) is 5.67. The van der Waals surface area contributed by atoms with Crippen LogP contribution in [-0.4, -0.2) is 50.3 Å². The Balaban J connectivity index is 2.23. The Hall–Kier alpha value is -0.690. The molecular weight excluding hydrogens is 291 g/mol. The van der Waals surface area contributed by atoms with E-state index in [1.54, 1.807) is 0 Å². The molecule has 0 radical (unpaired) electrons. The van der Waals surface area contributed by atoms with Gasteiger partial charge in [0.1, 0.15) is 10.7 Å². The number of nitrogens with zero attached hydrogens (tertiary/aromatic N) is 2. The molecule has 7 heteroatoms. The quantitative estimate of drug-likeness (QED) is 0.855. The molecule has 0 amide bonds. The van der Waals surface area contributed by atoms with E-state index in [0.29, 0.717) is 26.2 Å². The number of rotatable bonds is 3.